The van der Waals surface area contributed by atoms with Crippen molar-refractivity contribution in [1.82, 2.24) is 0 Å². The molecule has 1 saturated heterocycles. The lowest BCUT2D eigenvalue weighted by atomic mass is 10.1. The van der Waals surface area contributed by atoms with Crippen LogP contribution in [-0.2, 0) is 9.47 Å². The van der Waals surface area contributed by atoms with Gasteiger partial charge in [-0.05, 0) is 48.5 Å². The van der Waals surface area contributed by atoms with Gasteiger partial charge >= 0.3 is 11.9 Å². The van der Waals surface area contributed by atoms with E-state index in [2.05, 4.69) is 0 Å². The minimum atomic E-state index is -1.33. The van der Waals surface area contributed by atoms with Crippen molar-refractivity contribution in [2.45, 2.75) is 17.5 Å². The predicted octanol–water partition coefficient (Wildman–Crippen LogP) is 4.83. The Balaban J connectivity index is 1.59. The van der Waals surface area contributed by atoms with Crippen molar-refractivity contribution in [2.75, 3.05) is 12.4 Å². The van der Waals surface area contributed by atoms with Crippen LogP contribution in [0.4, 0.5) is 4.39 Å². The van der Waals surface area contributed by atoms with Gasteiger partial charge in [0.2, 0.25) is 0 Å². The van der Waals surface area contributed by atoms with E-state index < -0.39 is 29.5 Å². The minimum Gasteiger partial charge on any atom is -0.461 e. The molecule has 0 spiro atoms. The van der Waals surface area contributed by atoms with E-state index in [0.717, 1.165) is 0 Å². The summed E-state index contributed by atoms with van der Waals surface area (Å²) in [5.74, 6) is -1.02. The van der Waals surface area contributed by atoms with E-state index in [0.29, 0.717) is 15.6 Å². The van der Waals surface area contributed by atoms with Crippen molar-refractivity contribution in [3.05, 3.63) is 69.7 Å². The van der Waals surface area contributed by atoms with Gasteiger partial charge in [-0.15, -0.1) is 11.8 Å². The monoisotopic (exact) mass is 428 g/mol. The van der Waals surface area contributed by atoms with Crippen LogP contribution in [0.5, 0.6) is 0 Å². The largest absolute Gasteiger partial charge is 0.461 e. The molecule has 0 N–H and O–H groups in total. The van der Waals surface area contributed by atoms with Gasteiger partial charge in [-0.2, -0.15) is 0 Å². The molecule has 2 aromatic carbocycles. The first-order valence-electron chi connectivity index (χ1n) is 8.09. The van der Waals surface area contributed by atoms with Crippen molar-refractivity contribution in [3.8, 4) is 0 Å². The summed E-state index contributed by atoms with van der Waals surface area (Å²) in [4.78, 5) is 24.3. The Labute approximate surface area is 169 Å². The summed E-state index contributed by atoms with van der Waals surface area (Å²) in [5, 5.41) is 0.512. The van der Waals surface area contributed by atoms with E-state index in [1.165, 1.54) is 23.9 Å². The molecule has 3 atom stereocenters. The number of hydrogen-bond acceptors (Lipinski definition) is 5. The normalized spacial score (nSPS) is 21.7. The van der Waals surface area contributed by atoms with Crippen molar-refractivity contribution in [1.29, 1.82) is 0 Å². The van der Waals surface area contributed by atoms with Gasteiger partial charge in [-0.3, -0.25) is 0 Å². The fraction of sp³-hybridized carbons (Fsp3) is 0.263. The van der Waals surface area contributed by atoms with Gasteiger partial charge < -0.3 is 9.47 Å². The van der Waals surface area contributed by atoms with Crippen LogP contribution in [-0.4, -0.2) is 41.8 Å². The number of carbonyl (C=O) groups excluding carboxylic acids is 2. The number of thioether (sulfide) groups is 1. The molecule has 0 aromatic heterocycles. The molecule has 27 heavy (non-hydrogen) atoms. The van der Waals surface area contributed by atoms with E-state index in [4.69, 9.17) is 32.7 Å². The summed E-state index contributed by atoms with van der Waals surface area (Å²) >= 11 is 12.8. The quantitative estimate of drug-likeness (QED) is 0.638. The number of benzene rings is 2. The molecule has 2 aromatic rings. The summed E-state index contributed by atoms with van der Waals surface area (Å²) in [6, 6.07) is 12.4. The van der Waals surface area contributed by atoms with Crippen molar-refractivity contribution in [2.24, 2.45) is 0 Å². The number of rotatable bonds is 5. The maximum absolute atomic E-state index is 14.2. The van der Waals surface area contributed by atoms with E-state index in [1.54, 1.807) is 36.4 Å². The zero-order valence-corrected chi connectivity index (χ0v) is 16.3. The number of hydrogen-bond donors (Lipinski definition) is 0. The highest BCUT2D eigenvalue weighted by Crippen LogP contribution is 2.32. The lowest BCUT2D eigenvalue weighted by Crippen LogP contribution is -2.35. The molecule has 1 heterocycles. The standard InChI is InChI=1S/C19H15Cl2FO4S/c20-13-5-1-11(2-6-13)18(23)25-9-16-17(15(22)10-27-16)26-19(24)12-3-7-14(21)8-4-12/h1-8,15-17H,9-10H2/t15-,16-,17+/m1/s1. The van der Waals surface area contributed by atoms with E-state index in [-0.39, 0.29) is 17.9 Å². The average molecular weight is 429 g/mol. The Hall–Kier alpha value is -1.76. The molecule has 0 aliphatic carbocycles. The fourth-order valence-electron chi connectivity index (χ4n) is 2.54. The molecule has 0 radical (unpaired) electrons. The maximum Gasteiger partial charge on any atom is 0.338 e. The van der Waals surface area contributed by atoms with Gasteiger partial charge in [-0.1, -0.05) is 23.2 Å². The molecule has 1 fully saturated rings. The molecule has 0 unspecified atom stereocenters. The Morgan fingerprint density at radius 2 is 1.48 bits per heavy atom. The lowest BCUT2D eigenvalue weighted by molar-refractivity contribution is 0.00476. The first-order valence-corrected chi connectivity index (χ1v) is 9.89. The van der Waals surface area contributed by atoms with Crippen molar-refractivity contribution < 1.29 is 23.5 Å². The smallest absolute Gasteiger partial charge is 0.338 e. The van der Waals surface area contributed by atoms with Crippen LogP contribution in [0.25, 0.3) is 0 Å². The lowest BCUT2D eigenvalue weighted by Gasteiger charge is -2.20. The van der Waals surface area contributed by atoms with Gasteiger partial charge in [0, 0.05) is 15.8 Å². The zero-order valence-electron chi connectivity index (χ0n) is 13.9. The summed E-state index contributed by atoms with van der Waals surface area (Å²) < 4.78 is 24.8. The van der Waals surface area contributed by atoms with Gasteiger partial charge in [-0.25, -0.2) is 14.0 Å². The molecule has 0 amide bonds. The Kier molecular flexibility index (Phi) is 6.63. The topological polar surface area (TPSA) is 52.6 Å². The number of esters is 2. The molecule has 1 aliphatic heterocycles. The third-order valence-corrected chi connectivity index (χ3v) is 5.82. The summed E-state index contributed by atoms with van der Waals surface area (Å²) in [6.45, 7) is -0.0644. The van der Waals surface area contributed by atoms with Crippen molar-refractivity contribution in [3.63, 3.8) is 0 Å². The van der Waals surface area contributed by atoms with Crippen LogP contribution in [0.3, 0.4) is 0 Å². The summed E-state index contributed by atoms with van der Waals surface area (Å²) in [6.07, 6.45) is -2.32. The SMILES string of the molecule is O=C(OC[C@H]1SC[C@@H](F)[C@@H]1OC(=O)c1ccc(Cl)cc1)c1ccc(Cl)cc1. The number of halogens is 3. The first-order chi connectivity index (χ1) is 12.9. The van der Waals surface area contributed by atoms with Crippen LogP contribution < -0.4 is 0 Å². The molecule has 3 rings (SSSR count). The number of alkyl halides is 1. The van der Waals surface area contributed by atoms with Gasteiger partial charge in [0.25, 0.3) is 0 Å². The van der Waals surface area contributed by atoms with E-state index >= 15 is 0 Å². The van der Waals surface area contributed by atoms with Gasteiger partial charge in [0.1, 0.15) is 18.9 Å². The first kappa shape index (κ1) is 20.0. The minimum absolute atomic E-state index is 0.0644. The highest BCUT2D eigenvalue weighted by atomic mass is 35.5. The number of ether oxygens (including phenoxy) is 2. The molecule has 1 aliphatic rings. The molecule has 8 heteroatoms. The molecular weight excluding hydrogens is 414 g/mol. The van der Waals surface area contributed by atoms with Crippen LogP contribution in [0, 0.1) is 0 Å². The molecule has 0 bridgehead atoms. The molecule has 4 nitrogen and oxygen atoms in total. The van der Waals surface area contributed by atoms with Crippen LogP contribution in [0.1, 0.15) is 20.7 Å². The third-order valence-electron chi connectivity index (χ3n) is 3.97. The van der Waals surface area contributed by atoms with Crippen LogP contribution in [0.2, 0.25) is 10.0 Å². The highest BCUT2D eigenvalue weighted by molar-refractivity contribution is 8.00. The highest BCUT2D eigenvalue weighted by Gasteiger charge is 2.41. The zero-order chi connectivity index (χ0) is 19.4. The second kappa shape index (κ2) is 8.95. The fourth-order valence-corrected chi connectivity index (χ4v) is 3.99. The maximum atomic E-state index is 14.2. The second-order valence-electron chi connectivity index (χ2n) is 5.87. The Morgan fingerprint density at radius 3 is 2.04 bits per heavy atom. The van der Waals surface area contributed by atoms with Crippen LogP contribution in [0.15, 0.2) is 48.5 Å². The van der Waals surface area contributed by atoms with Gasteiger partial charge in [0.15, 0.2) is 0 Å². The summed E-state index contributed by atoms with van der Waals surface area (Å²) in [7, 11) is 0. The Bertz CT molecular complexity index is 813. The third kappa shape index (κ3) is 5.15. The van der Waals surface area contributed by atoms with Crippen molar-refractivity contribution >= 4 is 46.9 Å². The predicted molar refractivity (Wildman–Crippen MR) is 104 cm³/mol. The number of carbonyl (C=O) groups is 2. The van der Waals surface area contributed by atoms with Crippen LogP contribution >= 0.6 is 35.0 Å². The molecule has 0 saturated carbocycles. The molecule has 142 valence electrons. The van der Waals surface area contributed by atoms with E-state index in [9.17, 15) is 14.0 Å². The van der Waals surface area contributed by atoms with Gasteiger partial charge in [0.05, 0.1) is 16.4 Å². The second-order valence-corrected chi connectivity index (χ2v) is 8.01. The molecular formula is C19H15Cl2FO4S. The Morgan fingerprint density at radius 1 is 0.963 bits per heavy atom. The average Bonchev–Trinajstić information content (AvgIpc) is 3.00. The van der Waals surface area contributed by atoms with E-state index in [1.807, 2.05) is 0 Å². The summed E-state index contributed by atoms with van der Waals surface area (Å²) in [5.41, 5.74) is 0.620.